The van der Waals surface area contributed by atoms with Crippen LogP contribution in [0.3, 0.4) is 0 Å². The molecule has 1 atom stereocenters. The molecule has 0 radical (unpaired) electrons. The molecular formula is C27H29N5O4S. The van der Waals surface area contributed by atoms with Gasteiger partial charge in [0.15, 0.2) is 0 Å². The zero-order valence-electron chi connectivity index (χ0n) is 20.2. The minimum atomic E-state index is -3.81. The maximum Gasteiger partial charge on any atom is 0.245 e. The number of anilines is 1. The molecule has 5 N–H and O–H groups in total. The van der Waals surface area contributed by atoms with Crippen LogP contribution in [0, 0.1) is 5.41 Å². The lowest BCUT2D eigenvalue weighted by atomic mass is 10.1. The standard InChI is InChI=1S/C27H29N5O4S/c28-26(29)22-11-6-9-20(15-22)16-30-25(33)17-32-24-12-5-4-10-21(24)13-14-23(27(32)34)31-37(35,36)18-19-7-2-1-3-8-19/h1-12,15,23,31H,13-14,16-18H2,(H3,28,29)(H,30,33). The van der Waals surface area contributed by atoms with Gasteiger partial charge in [0.25, 0.3) is 0 Å². The fourth-order valence-electron chi connectivity index (χ4n) is 4.29. The summed E-state index contributed by atoms with van der Waals surface area (Å²) in [6, 6.07) is 22.0. The van der Waals surface area contributed by atoms with Crippen LogP contribution in [0.1, 0.15) is 28.7 Å². The fraction of sp³-hybridized carbons (Fsp3) is 0.222. The zero-order chi connectivity index (χ0) is 26.4. The van der Waals surface area contributed by atoms with Crippen LogP contribution in [0.4, 0.5) is 5.69 Å². The zero-order valence-corrected chi connectivity index (χ0v) is 21.0. The number of benzene rings is 3. The van der Waals surface area contributed by atoms with Crippen LogP contribution in [0.25, 0.3) is 0 Å². The number of amidine groups is 1. The van der Waals surface area contributed by atoms with Gasteiger partial charge in [-0.2, -0.15) is 0 Å². The van der Waals surface area contributed by atoms with E-state index in [4.69, 9.17) is 11.1 Å². The first kappa shape index (κ1) is 26.1. The Morgan fingerprint density at radius 1 is 1.00 bits per heavy atom. The van der Waals surface area contributed by atoms with E-state index in [0.717, 1.165) is 11.1 Å². The van der Waals surface area contributed by atoms with E-state index in [2.05, 4.69) is 10.0 Å². The summed E-state index contributed by atoms with van der Waals surface area (Å²) < 4.78 is 28.3. The second-order valence-corrected chi connectivity index (χ2v) is 10.7. The second kappa shape index (κ2) is 11.4. The summed E-state index contributed by atoms with van der Waals surface area (Å²) >= 11 is 0. The number of carbonyl (C=O) groups is 2. The minimum Gasteiger partial charge on any atom is -0.384 e. The normalized spacial score (nSPS) is 15.5. The first-order valence-corrected chi connectivity index (χ1v) is 13.5. The highest BCUT2D eigenvalue weighted by molar-refractivity contribution is 7.88. The summed E-state index contributed by atoms with van der Waals surface area (Å²) in [5.41, 5.74) is 8.92. The minimum absolute atomic E-state index is 0.0688. The van der Waals surface area contributed by atoms with Gasteiger partial charge in [0, 0.05) is 17.8 Å². The number of hydrogen-bond acceptors (Lipinski definition) is 5. The molecule has 1 unspecified atom stereocenters. The number of fused-ring (bicyclic) bond motifs is 1. The van der Waals surface area contributed by atoms with Crippen LogP contribution in [0.2, 0.25) is 0 Å². The fourth-order valence-corrected chi connectivity index (χ4v) is 5.66. The number of nitrogens with zero attached hydrogens (tertiary/aromatic N) is 1. The number of rotatable bonds is 9. The third-order valence-electron chi connectivity index (χ3n) is 6.10. The Labute approximate surface area is 216 Å². The van der Waals surface area contributed by atoms with Gasteiger partial charge in [-0.25, -0.2) is 13.1 Å². The van der Waals surface area contributed by atoms with Crippen molar-refractivity contribution in [2.75, 3.05) is 11.4 Å². The Hall–Kier alpha value is -4.02. The van der Waals surface area contributed by atoms with Crippen LogP contribution in [0.15, 0.2) is 78.9 Å². The summed E-state index contributed by atoms with van der Waals surface area (Å²) in [4.78, 5) is 27.8. The summed E-state index contributed by atoms with van der Waals surface area (Å²) in [6.45, 7) is -0.0735. The van der Waals surface area contributed by atoms with E-state index in [1.54, 1.807) is 66.7 Å². The molecule has 1 aliphatic heterocycles. The first-order chi connectivity index (χ1) is 17.7. The van der Waals surface area contributed by atoms with Crippen molar-refractivity contribution in [3.05, 3.63) is 101 Å². The van der Waals surface area contributed by atoms with Gasteiger partial charge in [-0.1, -0.05) is 66.7 Å². The number of para-hydroxylation sites is 1. The molecule has 0 fully saturated rings. The molecule has 1 aliphatic rings. The highest BCUT2D eigenvalue weighted by Crippen LogP contribution is 2.27. The average Bonchev–Trinajstić information content (AvgIpc) is 3.00. The highest BCUT2D eigenvalue weighted by Gasteiger charge is 2.34. The monoisotopic (exact) mass is 519 g/mol. The Bertz CT molecular complexity index is 1410. The van der Waals surface area contributed by atoms with E-state index >= 15 is 0 Å². The Kier molecular flexibility index (Phi) is 8.00. The molecule has 37 heavy (non-hydrogen) atoms. The number of aryl methyl sites for hydroxylation is 1. The van der Waals surface area contributed by atoms with Crippen molar-refractivity contribution in [3.8, 4) is 0 Å². The topological polar surface area (TPSA) is 145 Å². The van der Waals surface area contributed by atoms with Crippen LogP contribution in [0.5, 0.6) is 0 Å². The number of hydrogen-bond donors (Lipinski definition) is 4. The molecule has 4 rings (SSSR count). The van der Waals surface area contributed by atoms with Crippen molar-refractivity contribution in [1.82, 2.24) is 10.0 Å². The average molecular weight is 520 g/mol. The Balaban J connectivity index is 1.49. The lowest BCUT2D eigenvalue weighted by Crippen LogP contribution is -2.50. The molecule has 3 aromatic carbocycles. The Morgan fingerprint density at radius 3 is 2.46 bits per heavy atom. The van der Waals surface area contributed by atoms with Gasteiger partial charge in [0.2, 0.25) is 21.8 Å². The number of nitrogen functional groups attached to an aromatic ring is 1. The molecule has 1 heterocycles. The molecule has 2 amide bonds. The predicted molar refractivity (Wildman–Crippen MR) is 142 cm³/mol. The van der Waals surface area contributed by atoms with Crippen molar-refractivity contribution < 1.29 is 18.0 Å². The highest BCUT2D eigenvalue weighted by atomic mass is 32.2. The summed E-state index contributed by atoms with van der Waals surface area (Å²) in [5.74, 6) is -1.19. The molecule has 0 bridgehead atoms. The smallest absolute Gasteiger partial charge is 0.245 e. The van der Waals surface area contributed by atoms with Gasteiger partial charge in [0.05, 0.1) is 5.75 Å². The van der Waals surface area contributed by atoms with Crippen molar-refractivity contribution in [1.29, 1.82) is 5.41 Å². The molecular weight excluding hydrogens is 490 g/mol. The summed E-state index contributed by atoms with van der Waals surface area (Å²) in [6.07, 6.45) is 0.760. The lowest BCUT2D eigenvalue weighted by molar-refractivity contribution is -0.124. The van der Waals surface area contributed by atoms with Crippen molar-refractivity contribution >= 4 is 33.4 Å². The van der Waals surface area contributed by atoms with Crippen LogP contribution >= 0.6 is 0 Å². The van der Waals surface area contributed by atoms with Gasteiger partial charge in [-0.3, -0.25) is 15.0 Å². The van der Waals surface area contributed by atoms with E-state index in [1.165, 1.54) is 4.90 Å². The number of sulfonamides is 1. The van der Waals surface area contributed by atoms with Crippen LogP contribution in [-0.4, -0.2) is 38.7 Å². The molecule has 10 heteroatoms. The molecule has 0 aliphatic carbocycles. The van der Waals surface area contributed by atoms with E-state index < -0.39 is 27.9 Å². The van der Waals surface area contributed by atoms with Gasteiger partial charge >= 0.3 is 0 Å². The van der Waals surface area contributed by atoms with Gasteiger partial charge in [0.1, 0.15) is 18.4 Å². The predicted octanol–water partition coefficient (Wildman–Crippen LogP) is 2.05. The van der Waals surface area contributed by atoms with Crippen LogP contribution < -0.4 is 20.7 Å². The van der Waals surface area contributed by atoms with Gasteiger partial charge in [-0.05, 0) is 41.7 Å². The third-order valence-corrected chi connectivity index (χ3v) is 7.46. The van der Waals surface area contributed by atoms with Gasteiger partial charge < -0.3 is 16.0 Å². The molecule has 0 saturated carbocycles. The Morgan fingerprint density at radius 2 is 1.70 bits per heavy atom. The second-order valence-electron chi connectivity index (χ2n) is 8.90. The number of nitrogens with one attached hydrogen (secondary N) is 3. The van der Waals surface area contributed by atoms with E-state index in [0.29, 0.717) is 23.2 Å². The van der Waals surface area contributed by atoms with Crippen molar-refractivity contribution in [2.24, 2.45) is 5.73 Å². The van der Waals surface area contributed by atoms with Crippen molar-refractivity contribution in [2.45, 2.75) is 31.2 Å². The van der Waals surface area contributed by atoms with E-state index in [1.807, 2.05) is 12.1 Å². The third kappa shape index (κ3) is 6.81. The molecule has 0 aromatic heterocycles. The van der Waals surface area contributed by atoms with Crippen molar-refractivity contribution in [3.63, 3.8) is 0 Å². The van der Waals surface area contributed by atoms with Gasteiger partial charge in [-0.15, -0.1) is 0 Å². The van der Waals surface area contributed by atoms with E-state index in [9.17, 15) is 18.0 Å². The first-order valence-electron chi connectivity index (χ1n) is 11.8. The number of nitrogens with two attached hydrogens (primary N) is 1. The largest absolute Gasteiger partial charge is 0.384 e. The lowest BCUT2D eigenvalue weighted by Gasteiger charge is -2.26. The SMILES string of the molecule is N=C(N)c1cccc(CNC(=O)CN2C(=O)C(NS(=O)(=O)Cc3ccccc3)CCc3ccccc32)c1. The quantitative estimate of drug-likeness (QED) is 0.253. The van der Waals surface area contributed by atoms with E-state index in [-0.39, 0.29) is 31.1 Å². The summed E-state index contributed by atoms with van der Waals surface area (Å²) in [5, 5.41) is 10.4. The number of carbonyl (C=O) groups excluding carboxylic acids is 2. The molecule has 9 nitrogen and oxygen atoms in total. The number of amides is 2. The maximum absolute atomic E-state index is 13.5. The summed E-state index contributed by atoms with van der Waals surface area (Å²) in [7, 11) is -3.81. The molecule has 3 aromatic rings. The molecule has 192 valence electrons. The molecule has 0 spiro atoms. The maximum atomic E-state index is 13.5. The van der Waals surface area contributed by atoms with Crippen LogP contribution in [-0.2, 0) is 38.3 Å². The molecule has 0 saturated heterocycles.